The van der Waals surface area contributed by atoms with Gasteiger partial charge in [-0.05, 0) is 12.8 Å². The molecule has 1 fully saturated rings. The fourth-order valence-corrected chi connectivity index (χ4v) is 1.44. The maximum atomic E-state index is 10.4. The summed E-state index contributed by atoms with van der Waals surface area (Å²) in [5, 5.41) is 9.10. The number of halogens is 1. The molecule has 1 saturated carbocycles. The van der Waals surface area contributed by atoms with Crippen LogP contribution in [0.25, 0.3) is 0 Å². The first kappa shape index (κ1) is 10.5. The van der Waals surface area contributed by atoms with Crippen LogP contribution in [-0.2, 0) is 4.79 Å². The van der Waals surface area contributed by atoms with Crippen molar-refractivity contribution in [2.24, 2.45) is 0 Å². The minimum Gasteiger partial charge on any atom is -0.481 e. The lowest BCUT2D eigenvalue weighted by atomic mass is 10.3. The average molecular weight is 204 g/mol. The molecule has 74 valence electrons. The van der Waals surface area contributed by atoms with Crippen molar-refractivity contribution in [1.29, 1.82) is 0 Å². The van der Waals surface area contributed by atoms with Crippen molar-refractivity contribution in [2.75, 3.05) is 13.1 Å². The van der Waals surface area contributed by atoms with Crippen molar-refractivity contribution in [3.63, 3.8) is 0 Å². The van der Waals surface area contributed by atoms with E-state index in [1.165, 1.54) is 0 Å². The molecule has 0 aliphatic heterocycles. The van der Waals surface area contributed by atoms with Crippen LogP contribution in [0, 0.1) is 0 Å². The van der Waals surface area contributed by atoms with Crippen LogP contribution in [0.15, 0.2) is 11.6 Å². The Morgan fingerprint density at radius 3 is 2.62 bits per heavy atom. The molecule has 1 N–H and O–H groups in total. The van der Waals surface area contributed by atoms with Gasteiger partial charge >= 0.3 is 5.97 Å². The van der Waals surface area contributed by atoms with Gasteiger partial charge in [0.15, 0.2) is 0 Å². The van der Waals surface area contributed by atoms with Gasteiger partial charge in [0.1, 0.15) is 0 Å². The average Bonchev–Trinajstić information content (AvgIpc) is 2.78. The number of rotatable bonds is 6. The molecule has 0 amide bonds. The third-order valence-corrected chi connectivity index (χ3v) is 2.17. The largest absolute Gasteiger partial charge is 0.481 e. The Balaban J connectivity index is 2.29. The molecular weight excluding hydrogens is 190 g/mol. The van der Waals surface area contributed by atoms with E-state index in [0.29, 0.717) is 24.2 Å². The molecule has 0 unspecified atom stereocenters. The number of carboxylic acid groups (broad SMARTS) is 1. The van der Waals surface area contributed by atoms with Crippen molar-refractivity contribution in [1.82, 2.24) is 4.90 Å². The van der Waals surface area contributed by atoms with Gasteiger partial charge in [-0.1, -0.05) is 18.2 Å². The van der Waals surface area contributed by atoms with Crippen LogP contribution >= 0.6 is 11.6 Å². The number of aliphatic carboxylic acids is 1. The second-order valence-electron chi connectivity index (χ2n) is 3.36. The summed E-state index contributed by atoms with van der Waals surface area (Å²) in [7, 11) is 0. The first-order chi connectivity index (χ1) is 6.09. The molecule has 1 aliphatic rings. The van der Waals surface area contributed by atoms with Gasteiger partial charge in [0, 0.05) is 24.2 Å². The van der Waals surface area contributed by atoms with Crippen molar-refractivity contribution >= 4 is 17.6 Å². The first-order valence-electron chi connectivity index (χ1n) is 4.38. The van der Waals surface area contributed by atoms with Crippen molar-refractivity contribution in [3.05, 3.63) is 11.6 Å². The molecule has 0 radical (unpaired) electrons. The van der Waals surface area contributed by atoms with E-state index < -0.39 is 5.97 Å². The van der Waals surface area contributed by atoms with Crippen LogP contribution in [0.4, 0.5) is 0 Å². The molecule has 0 saturated heterocycles. The van der Waals surface area contributed by atoms with Crippen LogP contribution in [0.5, 0.6) is 0 Å². The summed E-state index contributed by atoms with van der Waals surface area (Å²) >= 11 is 5.68. The van der Waals surface area contributed by atoms with Gasteiger partial charge in [-0.25, -0.2) is 0 Å². The quantitative estimate of drug-likeness (QED) is 0.714. The summed E-state index contributed by atoms with van der Waals surface area (Å²) in [4.78, 5) is 12.4. The van der Waals surface area contributed by atoms with E-state index in [1.807, 2.05) is 0 Å². The van der Waals surface area contributed by atoms with E-state index in [2.05, 4.69) is 11.5 Å². The fourth-order valence-electron chi connectivity index (χ4n) is 1.29. The molecule has 1 rings (SSSR count). The highest BCUT2D eigenvalue weighted by Crippen LogP contribution is 2.27. The summed E-state index contributed by atoms with van der Waals surface area (Å²) in [6.07, 6.45) is 2.49. The fraction of sp³-hybridized carbons (Fsp3) is 0.667. The minimum absolute atomic E-state index is 0.181. The Bertz CT molecular complexity index is 214. The zero-order valence-corrected chi connectivity index (χ0v) is 8.26. The Labute approximate surface area is 83.0 Å². The van der Waals surface area contributed by atoms with Gasteiger partial charge in [0.05, 0.1) is 6.42 Å². The molecular formula is C9H14ClNO2. The Kier molecular flexibility index (Phi) is 3.75. The number of nitrogens with zero attached hydrogens (tertiary/aromatic N) is 1. The summed E-state index contributed by atoms with van der Waals surface area (Å²) in [5.41, 5.74) is 0. The Morgan fingerprint density at radius 2 is 2.23 bits per heavy atom. The molecule has 1 aliphatic carbocycles. The molecule has 0 heterocycles. The molecule has 0 aromatic heterocycles. The molecule has 13 heavy (non-hydrogen) atoms. The molecule has 0 aromatic rings. The summed E-state index contributed by atoms with van der Waals surface area (Å²) in [6, 6.07) is 0.537. The van der Waals surface area contributed by atoms with Crippen molar-refractivity contribution in [3.8, 4) is 0 Å². The maximum Gasteiger partial charge on any atom is 0.304 e. The predicted octanol–water partition coefficient (Wildman–Crippen LogP) is 1.68. The molecule has 0 aromatic carbocycles. The third kappa shape index (κ3) is 4.29. The topological polar surface area (TPSA) is 40.5 Å². The molecule has 3 nitrogen and oxygen atoms in total. The second kappa shape index (κ2) is 4.63. The van der Waals surface area contributed by atoms with E-state index in [-0.39, 0.29) is 6.42 Å². The number of hydrogen-bond acceptors (Lipinski definition) is 2. The van der Waals surface area contributed by atoms with Gasteiger partial charge in [0.25, 0.3) is 0 Å². The van der Waals surface area contributed by atoms with E-state index in [4.69, 9.17) is 16.7 Å². The highest BCUT2D eigenvalue weighted by Gasteiger charge is 2.28. The summed E-state index contributed by atoms with van der Waals surface area (Å²) < 4.78 is 0. The summed E-state index contributed by atoms with van der Waals surface area (Å²) in [5.74, 6) is -0.758. The van der Waals surface area contributed by atoms with Crippen LogP contribution in [0.1, 0.15) is 19.3 Å². The predicted molar refractivity (Wildman–Crippen MR) is 51.8 cm³/mol. The maximum absolute atomic E-state index is 10.4. The Morgan fingerprint density at radius 1 is 1.62 bits per heavy atom. The number of carboxylic acids is 1. The first-order valence-corrected chi connectivity index (χ1v) is 4.76. The molecule has 0 spiro atoms. The number of carbonyl (C=O) groups is 1. The van der Waals surface area contributed by atoms with Gasteiger partial charge in [-0.15, -0.1) is 0 Å². The minimum atomic E-state index is -0.758. The molecule has 0 atom stereocenters. The highest BCUT2D eigenvalue weighted by molar-refractivity contribution is 6.29. The zero-order chi connectivity index (χ0) is 9.84. The third-order valence-electron chi connectivity index (χ3n) is 2.05. The van der Waals surface area contributed by atoms with Crippen LogP contribution in [0.2, 0.25) is 0 Å². The van der Waals surface area contributed by atoms with E-state index in [0.717, 1.165) is 12.8 Å². The van der Waals surface area contributed by atoms with Crippen molar-refractivity contribution < 1.29 is 9.90 Å². The van der Waals surface area contributed by atoms with Gasteiger partial charge in [0.2, 0.25) is 0 Å². The lowest BCUT2D eigenvalue weighted by Crippen LogP contribution is -2.29. The van der Waals surface area contributed by atoms with Gasteiger partial charge < -0.3 is 5.11 Å². The monoisotopic (exact) mass is 203 g/mol. The smallest absolute Gasteiger partial charge is 0.304 e. The SMILES string of the molecule is C=C(Cl)CN(CCC(=O)O)C1CC1. The van der Waals surface area contributed by atoms with Crippen LogP contribution in [0.3, 0.4) is 0 Å². The van der Waals surface area contributed by atoms with Crippen LogP contribution < -0.4 is 0 Å². The van der Waals surface area contributed by atoms with Crippen LogP contribution in [-0.4, -0.2) is 35.1 Å². The lowest BCUT2D eigenvalue weighted by Gasteiger charge is -2.19. The molecule has 4 heteroatoms. The van der Waals surface area contributed by atoms with Crippen molar-refractivity contribution in [2.45, 2.75) is 25.3 Å². The number of hydrogen-bond donors (Lipinski definition) is 1. The normalized spacial score (nSPS) is 16.2. The van der Waals surface area contributed by atoms with Gasteiger partial charge in [-0.2, -0.15) is 0 Å². The van der Waals surface area contributed by atoms with E-state index in [1.54, 1.807) is 0 Å². The second-order valence-corrected chi connectivity index (χ2v) is 3.90. The molecule has 0 bridgehead atoms. The zero-order valence-electron chi connectivity index (χ0n) is 7.50. The van der Waals surface area contributed by atoms with Gasteiger partial charge in [-0.3, -0.25) is 9.69 Å². The summed E-state index contributed by atoms with van der Waals surface area (Å²) in [6.45, 7) is 4.79. The van der Waals surface area contributed by atoms with E-state index >= 15 is 0 Å². The van der Waals surface area contributed by atoms with E-state index in [9.17, 15) is 4.79 Å². The lowest BCUT2D eigenvalue weighted by molar-refractivity contribution is -0.137. The standard InChI is InChI=1S/C9H14ClNO2/c1-7(10)6-11(8-2-3-8)5-4-9(12)13/h8H,1-6H2,(H,12,13). The Hall–Kier alpha value is -0.540. The highest BCUT2D eigenvalue weighted by atomic mass is 35.5.